The molecule has 0 unspecified atom stereocenters. The average Bonchev–Trinajstić information content (AvgIpc) is 2.77. The number of hydrogen-bond acceptors (Lipinski definition) is 4. The minimum atomic E-state index is -0.0665. The lowest BCUT2D eigenvalue weighted by Gasteiger charge is -2.38. The Morgan fingerprint density at radius 2 is 1.73 bits per heavy atom. The lowest BCUT2D eigenvalue weighted by atomic mass is 10.0. The molecule has 0 radical (unpaired) electrons. The Bertz CT molecular complexity index is 787. The highest BCUT2D eigenvalue weighted by Crippen LogP contribution is 2.23. The van der Waals surface area contributed by atoms with Crippen molar-refractivity contribution in [2.45, 2.75) is 25.8 Å². The third kappa shape index (κ3) is 6.46. The molecule has 0 aromatic heterocycles. The van der Waals surface area contributed by atoms with E-state index in [1.807, 2.05) is 36.4 Å². The van der Waals surface area contributed by atoms with Gasteiger partial charge in [0.25, 0.3) is 5.91 Å². The van der Waals surface area contributed by atoms with Crippen molar-refractivity contribution in [3.63, 3.8) is 0 Å². The Morgan fingerprint density at radius 1 is 1.07 bits per heavy atom. The molecule has 0 saturated carbocycles. The van der Waals surface area contributed by atoms with E-state index in [0.717, 1.165) is 49.8 Å². The first-order valence-corrected chi connectivity index (χ1v) is 11.1. The maximum atomic E-state index is 12.7. The minimum Gasteiger partial charge on any atom is -0.494 e. The van der Waals surface area contributed by atoms with Gasteiger partial charge >= 0.3 is 0 Å². The van der Waals surface area contributed by atoms with Gasteiger partial charge in [0.05, 0.1) is 12.6 Å². The van der Waals surface area contributed by atoms with E-state index in [1.165, 1.54) is 5.56 Å². The number of ether oxygens (including phenoxy) is 1. The zero-order valence-electron chi connectivity index (χ0n) is 17.9. The van der Waals surface area contributed by atoms with Crippen molar-refractivity contribution >= 4 is 17.5 Å². The number of unbranched alkanes of at least 4 members (excludes halogenated alkanes) is 1. The van der Waals surface area contributed by atoms with E-state index < -0.39 is 0 Å². The third-order valence-electron chi connectivity index (χ3n) is 5.57. The summed E-state index contributed by atoms with van der Waals surface area (Å²) in [6.45, 7) is 7.40. The van der Waals surface area contributed by atoms with E-state index >= 15 is 0 Å². The topological polar surface area (TPSA) is 44.8 Å². The quantitative estimate of drug-likeness (QED) is 0.605. The number of benzene rings is 2. The molecule has 1 amide bonds. The fourth-order valence-corrected chi connectivity index (χ4v) is 3.73. The second-order valence-electron chi connectivity index (χ2n) is 7.84. The standard InChI is InChI=1S/C24H32ClN3O2/c1-3-4-17-30-22-11-7-20(8-12-22)24(29)26-18-23(19-5-9-21(25)10-6-19)28-15-13-27(2)14-16-28/h5-12,23H,3-4,13-18H2,1-2H3,(H,26,29)/t23-/m0/s1. The normalized spacial score (nSPS) is 16.2. The lowest BCUT2D eigenvalue weighted by molar-refractivity contribution is 0.0886. The van der Waals surface area contributed by atoms with Crippen LogP contribution in [0.1, 0.15) is 41.7 Å². The predicted molar refractivity (Wildman–Crippen MR) is 122 cm³/mol. The zero-order valence-corrected chi connectivity index (χ0v) is 18.7. The van der Waals surface area contributed by atoms with Crippen LogP contribution in [0.25, 0.3) is 0 Å². The second kappa shape index (κ2) is 11.3. The van der Waals surface area contributed by atoms with E-state index in [0.29, 0.717) is 18.7 Å². The Labute approximate surface area is 185 Å². The molecule has 5 nitrogen and oxygen atoms in total. The Morgan fingerprint density at radius 3 is 2.37 bits per heavy atom. The second-order valence-corrected chi connectivity index (χ2v) is 8.28. The van der Waals surface area contributed by atoms with Crippen molar-refractivity contribution in [1.82, 2.24) is 15.1 Å². The molecule has 0 aliphatic carbocycles. The molecule has 162 valence electrons. The third-order valence-corrected chi connectivity index (χ3v) is 5.82. The maximum Gasteiger partial charge on any atom is 0.251 e. The van der Waals surface area contributed by atoms with Crippen LogP contribution < -0.4 is 10.1 Å². The molecule has 30 heavy (non-hydrogen) atoms. The summed E-state index contributed by atoms with van der Waals surface area (Å²) >= 11 is 6.08. The van der Waals surface area contributed by atoms with Crippen LogP contribution in [-0.2, 0) is 0 Å². The highest BCUT2D eigenvalue weighted by Gasteiger charge is 2.24. The molecular weight excluding hydrogens is 398 g/mol. The van der Waals surface area contributed by atoms with Crippen LogP contribution >= 0.6 is 11.6 Å². The SMILES string of the molecule is CCCCOc1ccc(C(=O)NC[C@@H](c2ccc(Cl)cc2)N2CCN(C)CC2)cc1. The molecule has 1 fully saturated rings. The van der Waals surface area contributed by atoms with Crippen molar-refractivity contribution in [1.29, 1.82) is 0 Å². The van der Waals surface area contributed by atoms with Gasteiger partial charge in [0.15, 0.2) is 0 Å². The molecule has 1 aliphatic heterocycles. The number of likely N-dealkylation sites (N-methyl/N-ethyl adjacent to an activating group) is 1. The van der Waals surface area contributed by atoms with Crippen LogP contribution in [0.3, 0.4) is 0 Å². The van der Waals surface area contributed by atoms with Gasteiger partial charge in [-0.15, -0.1) is 0 Å². The number of carbonyl (C=O) groups excluding carboxylic acids is 1. The molecule has 1 atom stereocenters. The van der Waals surface area contributed by atoms with E-state index in [4.69, 9.17) is 16.3 Å². The smallest absolute Gasteiger partial charge is 0.251 e. The summed E-state index contributed by atoms with van der Waals surface area (Å²) in [5.41, 5.74) is 1.81. The number of nitrogens with one attached hydrogen (secondary N) is 1. The molecule has 0 bridgehead atoms. The number of amides is 1. The summed E-state index contributed by atoms with van der Waals surface area (Å²) in [7, 11) is 2.14. The largest absolute Gasteiger partial charge is 0.494 e. The number of halogens is 1. The van der Waals surface area contributed by atoms with Crippen molar-refractivity contribution in [3.8, 4) is 5.75 Å². The van der Waals surface area contributed by atoms with Crippen molar-refractivity contribution in [3.05, 3.63) is 64.7 Å². The number of hydrogen-bond donors (Lipinski definition) is 1. The van der Waals surface area contributed by atoms with Gasteiger partial charge in [-0.3, -0.25) is 9.69 Å². The van der Waals surface area contributed by atoms with Crippen LogP contribution in [0.2, 0.25) is 5.02 Å². The molecule has 1 saturated heterocycles. The van der Waals surface area contributed by atoms with Crippen LogP contribution in [0, 0.1) is 0 Å². The first kappa shape index (κ1) is 22.6. The predicted octanol–water partition coefficient (Wildman–Crippen LogP) is 4.24. The number of nitrogens with zero attached hydrogens (tertiary/aromatic N) is 2. The van der Waals surface area contributed by atoms with Crippen molar-refractivity contribution in [2.24, 2.45) is 0 Å². The summed E-state index contributed by atoms with van der Waals surface area (Å²) in [6, 6.07) is 15.4. The molecule has 1 heterocycles. The van der Waals surface area contributed by atoms with Gasteiger partial charge in [-0.1, -0.05) is 37.1 Å². The van der Waals surface area contributed by atoms with Gasteiger partial charge in [0, 0.05) is 43.3 Å². The first-order chi connectivity index (χ1) is 14.6. The molecule has 1 N–H and O–H groups in total. The minimum absolute atomic E-state index is 0.0665. The van der Waals surface area contributed by atoms with E-state index in [9.17, 15) is 4.79 Å². The van der Waals surface area contributed by atoms with Gasteiger partial charge in [-0.05, 0) is 55.4 Å². The monoisotopic (exact) mass is 429 g/mol. The number of carbonyl (C=O) groups is 1. The number of rotatable bonds is 9. The Hall–Kier alpha value is -2.08. The molecular formula is C24H32ClN3O2. The van der Waals surface area contributed by atoms with Crippen LogP contribution in [0.15, 0.2) is 48.5 Å². The van der Waals surface area contributed by atoms with E-state index in [2.05, 4.69) is 41.2 Å². The van der Waals surface area contributed by atoms with Crippen LogP contribution in [0.4, 0.5) is 0 Å². The molecule has 6 heteroatoms. The van der Waals surface area contributed by atoms with Crippen LogP contribution in [-0.4, -0.2) is 62.1 Å². The molecule has 0 spiro atoms. The van der Waals surface area contributed by atoms with Crippen LogP contribution in [0.5, 0.6) is 5.75 Å². The highest BCUT2D eigenvalue weighted by atomic mass is 35.5. The van der Waals surface area contributed by atoms with E-state index in [1.54, 1.807) is 0 Å². The average molecular weight is 430 g/mol. The van der Waals surface area contributed by atoms with E-state index in [-0.39, 0.29) is 11.9 Å². The van der Waals surface area contributed by atoms with Crippen molar-refractivity contribution < 1.29 is 9.53 Å². The Balaban J connectivity index is 1.62. The summed E-state index contributed by atoms with van der Waals surface area (Å²) < 4.78 is 5.68. The summed E-state index contributed by atoms with van der Waals surface area (Å²) in [5.74, 6) is 0.736. The maximum absolute atomic E-state index is 12.7. The highest BCUT2D eigenvalue weighted by molar-refractivity contribution is 6.30. The number of piperazine rings is 1. The van der Waals surface area contributed by atoms with Gasteiger partial charge in [-0.25, -0.2) is 0 Å². The zero-order chi connectivity index (χ0) is 21.3. The lowest BCUT2D eigenvalue weighted by Crippen LogP contribution is -2.48. The summed E-state index contributed by atoms with van der Waals surface area (Å²) in [4.78, 5) is 17.5. The molecule has 3 rings (SSSR count). The fourth-order valence-electron chi connectivity index (χ4n) is 3.60. The molecule has 2 aromatic rings. The summed E-state index contributed by atoms with van der Waals surface area (Å²) in [6.07, 6.45) is 2.13. The van der Waals surface area contributed by atoms with Crippen molar-refractivity contribution in [2.75, 3.05) is 46.4 Å². The molecule has 1 aliphatic rings. The Kier molecular flexibility index (Phi) is 8.55. The fraction of sp³-hybridized carbons (Fsp3) is 0.458. The summed E-state index contributed by atoms with van der Waals surface area (Å²) in [5, 5.41) is 3.85. The first-order valence-electron chi connectivity index (χ1n) is 10.8. The van der Waals surface area contributed by atoms with Gasteiger partial charge in [0.1, 0.15) is 5.75 Å². The van der Waals surface area contributed by atoms with Gasteiger partial charge < -0.3 is 15.0 Å². The molecule has 2 aromatic carbocycles. The van der Waals surface area contributed by atoms with Gasteiger partial charge in [-0.2, -0.15) is 0 Å². The van der Waals surface area contributed by atoms with Gasteiger partial charge in [0.2, 0.25) is 0 Å².